The number of hydrogen-bond acceptors (Lipinski definition) is 3. The molecule has 26 heavy (non-hydrogen) atoms. The van der Waals surface area contributed by atoms with Crippen LogP contribution in [0.2, 0.25) is 0 Å². The minimum Gasteiger partial charge on any atom is -0.378 e. The highest BCUT2D eigenvalue weighted by molar-refractivity contribution is 5.19. The van der Waals surface area contributed by atoms with E-state index in [1.54, 1.807) is 0 Å². The van der Waals surface area contributed by atoms with E-state index in [1.165, 1.54) is 5.56 Å². The SMILES string of the molecule is CCCCCC(N[N+](=O)[O-])C(C)COC1CCC(c2ccccc2)CC1. The number of hydrogen-bond donors (Lipinski definition) is 1. The summed E-state index contributed by atoms with van der Waals surface area (Å²) in [5.74, 6) is 0.788. The molecular weight excluding hydrogens is 328 g/mol. The monoisotopic (exact) mass is 362 g/mol. The fourth-order valence-corrected chi connectivity index (χ4v) is 3.92. The van der Waals surface area contributed by atoms with Gasteiger partial charge in [-0.25, -0.2) is 10.1 Å². The summed E-state index contributed by atoms with van der Waals surface area (Å²) in [5, 5.41) is 10.5. The molecule has 146 valence electrons. The third-order valence-electron chi connectivity index (χ3n) is 5.62. The Balaban J connectivity index is 1.73. The van der Waals surface area contributed by atoms with Crippen LogP contribution in [0.4, 0.5) is 0 Å². The fraction of sp³-hybridized carbons (Fsp3) is 0.714. The largest absolute Gasteiger partial charge is 0.378 e. The Morgan fingerprint density at radius 3 is 2.50 bits per heavy atom. The van der Waals surface area contributed by atoms with Crippen LogP contribution in [-0.2, 0) is 4.74 Å². The molecule has 1 saturated carbocycles. The second kappa shape index (κ2) is 11.2. The number of unbranched alkanes of at least 4 members (excludes halogenated alkanes) is 2. The lowest BCUT2D eigenvalue weighted by molar-refractivity contribution is -0.553. The minimum atomic E-state index is -0.405. The predicted octanol–water partition coefficient (Wildman–Crippen LogP) is 5.10. The molecule has 1 aliphatic rings. The number of hydrazine groups is 1. The van der Waals surface area contributed by atoms with Crippen LogP contribution in [0.1, 0.15) is 76.7 Å². The van der Waals surface area contributed by atoms with Crippen molar-refractivity contribution in [1.29, 1.82) is 0 Å². The number of rotatable bonds is 11. The zero-order valence-electron chi connectivity index (χ0n) is 16.2. The molecule has 0 amide bonds. The molecule has 0 aliphatic heterocycles. The second-order valence-corrected chi connectivity index (χ2v) is 7.68. The molecule has 2 atom stereocenters. The molecule has 5 heteroatoms. The van der Waals surface area contributed by atoms with Gasteiger partial charge in [-0.1, -0.05) is 63.4 Å². The summed E-state index contributed by atoms with van der Waals surface area (Å²) >= 11 is 0. The van der Waals surface area contributed by atoms with Gasteiger partial charge in [-0.2, -0.15) is 0 Å². The second-order valence-electron chi connectivity index (χ2n) is 7.68. The molecular formula is C21H34N2O3. The maximum absolute atomic E-state index is 10.9. The van der Waals surface area contributed by atoms with Gasteiger partial charge in [0.25, 0.3) is 0 Å². The number of nitro groups is 1. The van der Waals surface area contributed by atoms with Gasteiger partial charge in [-0.3, -0.25) is 0 Å². The smallest absolute Gasteiger partial charge is 0.157 e. The van der Waals surface area contributed by atoms with Crippen molar-refractivity contribution in [3.63, 3.8) is 0 Å². The van der Waals surface area contributed by atoms with Gasteiger partial charge in [-0.15, -0.1) is 5.43 Å². The molecule has 0 bridgehead atoms. The Morgan fingerprint density at radius 2 is 1.88 bits per heavy atom. The molecule has 0 saturated heterocycles. The van der Waals surface area contributed by atoms with Crippen molar-refractivity contribution in [2.75, 3.05) is 6.61 Å². The topological polar surface area (TPSA) is 64.4 Å². The molecule has 0 spiro atoms. The van der Waals surface area contributed by atoms with Crippen molar-refractivity contribution in [3.8, 4) is 0 Å². The van der Waals surface area contributed by atoms with E-state index in [0.717, 1.165) is 51.4 Å². The molecule has 2 unspecified atom stereocenters. The molecule has 1 aliphatic carbocycles. The van der Waals surface area contributed by atoms with Crippen molar-refractivity contribution in [3.05, 3.63) is 46.0 Å². The van der Waals surface area contributed by atoms with E-state index >= 15 is 0 Å². The molecule has 1 aromatic rings. The molecule has 0 heterocycles. The van der Waals surface area contributed by atoms with E-state index in [9.17, 15) is 10.1 Å². The maximum atomic E-state index is 10.9. The normalized spacial score (nSPS) is 22.5. The molecule has 1 fully saturated rings. The number of ether oxygens (including phenoxy) is 1. The lowest BCUT2D eigenvalue weighted by atomic mass is 9.83. The lowest BCUT2D eigenvalue weighted by Crippen LogP contribution is -2.41. The standard InChI is InChI=1S/C21H34N2O3/c1-3-4-6-11-21(22-23(24)25)17(2)16-26-20-14-12-19(13-15-20)18-9-7-5-8-10-18/h5,7-10,17,19-22H,3-4,6,11-16H2,1-2H3. The van der Waals surface area contributed by atoms with Gasteiger partial charge in [0.15, 0.2) is 5.03 Å². The molecule has 0 aromatic heterocycles. The van der Waals surface area contributed by atoms with E-state index in [0.29, 0.717) is 18.6 Å². The minimum absolute atomic E-state index is 0.114. The Kier molecular flexibility index (Phi) is 8.89. The van der Waals surface area contributed by atoms with Gasteiger partial charge in [-0.05, 0) is 43.6 Å². The van der Waals surface area contributed by atoms with E-state index in [-0.39, 0.29) is 12.0 Å². The van der Waals surface area contributed by atoms with E-state index < -0.39 is 5.03 Å². The van der Waals surface area contributed by atoms with Gasteiger partial charge in [0, 0.05) is 5.92 Å². The van der Waals surface area contributed by atoms with Crippen molar-refractivity contribution < 1.29 is 9.77 Å². The summed E-state index contributed by atoms with van der Waals surface area (Å²) in [5.41, 5.74) is 3.93. The summed E-state index contributed by atoms with van der Waals surface area (Å²) in [6.45, 7) is 4.80. The first-order valence-electron chi connectivity index (χ1n) is 10.2. The maximum Gasteiger partial charge on any atom is 0.157 e. The number of nitrogens with one attached hydrogen (secondary N) is 1. The first-order chi connectivity index (χ1) is 12.6. The number of nitrogens with zero attached hydrogens (tertiary/aromatic N) is 1. The van der Waals surface area contributed by atoms with E-state index in [4.69, 9.17) is 4.74 Å². The molecule has 1 aromatic carbocycles. The summed E-state index contributed by atoms with van der Waals surface area (Å²) in [7, 11) is 0. The van der Waals surface area contributed by atoms with Crippen LogP contribution >= 0.6 is 0 Å². The van der Waals surface area contributed by atoms with Crippen LogP contribution in [0, 0.1) is 16.0 Å². The quantitative estimate of drug-likeness (QED) is 0.338. The predicted molar refractivity (Wildman–Crippen MR) is 105 cm³/mol. The average Bonchev–Trinajstić information content (AvgIpc) is 2.66. The Bertz CT molecular complexity index is 515. The highest BCUT2D eigenvalue weighted by Crippen LogP contribution is 2.34. The Labute approximate surface area is 157 Å². The third kappa shape index (κ3) is 6.94. The first kappa shape index (κ1) is 20.7. The Morgan fingerprint density at radius 1 is 1.19 bits per heavy atom. The Hall–Kier alpha value is -1.62. The summed E-state index contributed by atoms with van der Waals surface area (Å²) in [4.78, 5) is 10.9. The van der Waals surface area contributed by atoms with Crippen LogP contribution in [-0.4, -0.2) is 23.8 Å². The van der Waals surface area contributed by atoms with Crippen LogP contribution in [0.25, 0.3) is 0 Å². The highest BCUT2D eigenvalue weighted by atomic mass is 16.7. The summed E-state index contributed by atoms with van der Waals surface area (Å²) < 4.78 is 6.14. The van der Waals surface area contributed by atoms with Crippen LogP contribution in [0.15, 0.2) is 30.3 Å². The highest BCUT2D eigenvalue weighted by Gasteiger charge is 2.26. The molecule has 0 radical (unpaired) electrons. The van der Waals surface area contributed by atoms with Gasteiger partial charge >= 0.3 is 0 Å². The summed E-state index contributed by atoms with van der Waals surface area (Å²) in [6.07, 6.45) is 8.88. The molecule has 2 rings (SSSR count). The van der Waals surface area contributed by atoms with Crippen LogP contribution in [0.5, 0.6) is 0 Å². The molecule has 1 N–H and O–H groups in total. The van der Waals surface area contributed by atoms with E-state index in [2.05, 4.69) is 49.6 Å². The van der Waals surface area contributed by atoms with Crippen molar-refractivity contribution >= 4 is 0 Å². The van der Waals surface area contributed by atoms with Gasteiger partial charge in [0.1, 0.15) is 0 Å². The van der Waals surface area contributed by atoms with Gasteiger partial charge < -0.3 is 4.74 Å². The molecule has 5 nitrogen and oxygen atoms in total. The number of benzene rings is 1. The van der Waals surface area contributed by atoms with Crippen LogP contribution < -0.4 is 5.43 Å². The zero-order chi connectivity index (χ0) is 18.8. The fourth-order valence-electron chi connectivity index (χ4n) is 3.92. The van der Waals surface area contributed by atoms with Crippen LogP contribution in [0.3, 0.4) is 0 Å². The van der Waals surface area contributed by atoms with Gasteiger partial charge in [0.2, 0.25) is 0 Å². The zero-order valence-corrected chi connectivity index (χ0v) is 16.2. The lowest BCUT2D eigenvalue weighted by Gasteiger charge is -2.30. The average molecular weight is 363 g/mol. The van der Waals surface area contributed by atoms with Gasteiger partial charge in [0.05, 0.1) is 18.8 Å². The first-order valence-corrected chi connectivity index (χ1v) is 10.2. The van der Waals surface area contributed by atoms with Crippen molar-refractivity contribution in [1.82, 2.24) is 5.43 Å². The summed E-state index contributed by atoms with van der Waals surface area (Å²) in [6, 6.07) is 10.6. The van der Waals surface area contributed by atoms with Crippen molar-refractivity contribution in [2.24, 2.45) is 5.92 Å². The third-order valence-corrected chi connectivity index (χ3v) is 5.62. The van der Waals surface area contributed by atoms with Crippen molar-refractivity contribution in [2.45, 2.75) is 83.3 Å². The van der Waals surface area contributed by atoms with E-state index in [1.807, 2.05) is 0 Å².